The molecule has 0 unspecified atom stereocenters. The molecule has 0 radical (unpaired) electrons. The number of hydrogen-bond acceptors (Lipinski definition) is 3. The Morgan fingerprint density at radius 2 is 2.09 bits per heavy atom. The van der Waals surface area contributed by atoms with Crippen LogP contribution in [0.3, 0.4) is 0 Å². The van der Waals surface area contributed by atoms with Gasteiger partial charge in [-0.3, -0.25) is 4.79 Å². The molecule has 0 heterocycles. The van der Waals surface area contributed by atoms with Crippen molar-refractivity contribution in [3.05, 3.63) is 29.8 Å². The number of hydrogen-bond donors (Lipinski definition) is 1. The third kappa shape index (κ3) is 5.02. The van der Waals surface area contributed by atoms with Gasteiger partial charge in [0.1, 0.15) is 5.75 Å². The number of carbonyl (C=O) groups is 1. The van der Waals surface area contributed by atoms with Gasteiger partial charge in [0.2, 0.25) is 0 Å². The number of carbonyl (C=O) groups excluding carboxylic acids is 1. The Kier molecular flexibility index (Phi) is 6.72. The highest BCUT2D eigenvalue weighted by atomic mass is 16.5. The number of methoxy groups -OCH3 is 1. The molecule has 0 atom stereocenters. The molecule has 0 saturated heterocycles. The molecule has 0 aromatic heterocycles. The van der Waals surface area contributed by atoms with Crippen LogP contribution < -0.4 is 10.1 Å². The average Bonchev–Trinajstić information content (AvgIpc) is 2.59. The van der Waals surface area contributed by atoms with Crippen LogP contribution >= 0.6 is 0 Å². The molecule has 1 fully saturated rings. The van der Waals surface area contributed by atoms with Gasteiger partial charge in [0.15, 0.2) is 0 Å². The van der Waals surface area contributed by atoms with Gasteiger partial charge in [-0.15, -0.1) is 0 Å². The Morgan fingerprint density at radius 1 is 1.32 bits per heavy atom. The van der Waals surface area contributed by atoms with E-state index in [4.69, 9.17) is 4.74 Å². The lowest BCUT2D eigenvalue weighted by Gasteiger charge is -2.31. The smallest absolute Gasteiger partial charge is 0.251 e. The molecule has 1 aliphatic rings. The van der Waals surface area contributed by atoms with Crippen molar-refractivity contribution in [3.8, 4) is 5.75 Å². The molecule has 4 nitrogen and oxygen atoms in total. The molecular weight excluding hydrogens is 276 g/mol. The van der Waals surface area contributed by atoms with Crippen molar-refractivity contribution in [2.24, 2.45) is 0 Å². The topological polar surface area (TPSA) is 41.6 Å². The van der Waals surface area contributed by atoms with Crippen LogP contribution in [0.15, 0.2) is 24.3 Å². The Hall–Kier alpha value is -1.55. The number of benzene rings is 1. The molecule has 122 valence electrons. The Labute approximate surface area is 133 Å². The van der Waals surface area contributed by atoms with Crippen LogP contribution in [0.5, 0.6) is 5.75 Å². The SMILES string of the molecule is COc1cccc(C(=O)NCCCN(C)C2CCCCC2)c1. The number of amides is 1. The van der Waals surface area contributed by atoms with Gasteiger partial charge < -0.3 is 15.0 Å². The van der Waals surface area contributed by atoms with Gasteiger partial charge in [0.25, 0.3) is 5.91 Å². The molecule has 1 aromatic carbocycles. The molecule has 2 rings (SSSR count). The molecular formula is C18H28N2O2. The van der Waals surface area contributed by atoms with Crippen molar-refractivity contribution in [3.63, 3.8) is 0 Å². The fourth-order valence-corrected chi connectivity index (χ4v) is 3.10. The van der Waals surface area contributed by atoms with Gasteiger partial charge in [-0.05, 0) is 51.1 Å². The Bertz CT molecular complexity index is 470. The van der Waals surface area contributed by atoms with E-state index in [1.807, 2.05) is 18.2 Å². The van der Waals surface area contributed by atoms with Gasteiger partial charge in [-0.2, -0.15) is 0 Å². The van der Waals surface area contributed by atoms with Crippen LogP contribution in [0, 0.1) is 0 Å². The predicted molar refractivity (Wildman–Crippen MR) is 89.4 cm³/mol. The first-order valence-electron chi connectivity index (χ1n) is 8.33. The second kappa shape index (κ2) is 8.79. The highest BCUT2D eigenvalue weighted by Gasteiger charge is 2.17. The summed E-state index contributed by atoms with van der Waals surface area (Å²) in [4.78, 5) is 14.5. The summed E-state index contributed by atoms with van der Waals surface area (Å²) in [5.74, 6) is 0.684. The van der Waals surface area contributed by atoms with Gasteiger partial charge in [0.05, 0.1) is 7.11 Å². The molecule has 0 bridgehead atoms. The van der Waals surface area contributed by atoms with Crippen molar-refractivity contribution in [2.45, 2.75) is 44.6 Å². The van der Waals surface area contributed by atoms with Crippen LogP contribution in [0.25, 0.3) is 0 Å². The molecule has 1 N–H and O–H groups in total. The maximum absolute atomic E-state index is 12.1. The van der Waals surface area contributed by atoms with Crippen LogP contribution in [0.2, 0.25) is 0 Å². The van der Waals surface area contributed by atoms with E-state index in [0.717, 1.165) is 19.0 Å². The van der Waals surface area contributed by atoms with Crippen LogP contribution in [-0.4, -0.2) is 44.1 Å². The number of rotatable bonds is 7. The number of ether oxygens (including phenoxy) is 1. The molecule has 1 amide bonds. The van der Waals surface area contributed by atoms with Crippen LogP contribution in [0.4, 0.5) is 0 Å². The molecule has 0 spiro atoms. The van der Waals surface area contributed by atoms with Gasteiger partial charge in [-0.25, -0.2) is 0 Å². The fraction of sp³-hybridized carbons (Fsp3) is 0.611. The lowest BCUT2D eigenvalue weighted by molar-refractivity contribution is 0.0950. The van der Waals surface area contributed by atoms with E-state index in [-0.39, 0.29) is 5.91 Å². The highest BCUT2D eigenvalue weighted by molar-refractivity contribution is 5.94. The summed E-state index contributed by atoms with van der Waals surface area (Å²) in [7, 11) is 3.82. The largest absolute Gasteiger partial charge is 0.497 e. The zero-order chi connectivity index (χ0) is 15.8. The molecule has 1 aliphatic carbocycles. The fourth-order valence-electron chi connectivity index (χ4n) is 3.10. The third-order valence-corrected chi connectivity index (χ3v) is 4.50. The average molecular weight is 304 g/mol. The van der Waals surface area contributed by atoms with E-state index >= 15 is 0 Å². The van der Waals surface area contributed by atoms with Crippen molar-refractivity contribution in [1.29, 1.82) is 0 Å². The standard InChI is InChI=1S/C18H28N2O2/c1-20(16-9-4-3-5-10-16)13-7-12-19-18(21)15-8-6-11-17(14-15)22-2/h6,8,11,14,16H,3-5,7,9-10,12-13H2,1-2H3,(H,19,21). The first kappa shape index (κ1) is 16.8. The lowest BCUT2D eigenvalue weighted by atomic mass is 9.94. The summed E-state index contributed by atoms with van der Waals surface area (Å²) >= 11 is 0. The summed E-state index contributed by atoms with van der Waals surface area (Å²) in [6.07, 6.45) is 7.76. The van der Waals surface area contributed by atoms with Crippen molar-refractivity contribution >= 4 is 5.91 Å². The van der Waals surface area contributed by atoms with Crippen molar-refractivity contribution in [2.75, 3.05) is 27.2 Å². The van der Waals surface area contributed by atoms with E-state index in [2.05, 4.69) is 17.3 Å². The predicted octanol–water partition coefficient (Wildman–Crippen LogP) is 3.08. The first-order valence-corrected chi connectivity index (χ1v) is 8.33. The van der Waals surface area contributed by atoms with Gasteiger partial charge in [-0.1, -0.05) is 25.3 Å². The monoisotopic (exact) mass is 304 g/mol. The minimum absolute atomic E-state index is 0.0285. The molecule has 1 saturated carbocycles. The van der Waals surface area contributed by atoms with Crippen molar-refractivity contribution < 1.29 is 9.53 Å². The maximum Gasteiger partial charge on any atom is 0.251 e. The summed E-state index contributed by atoms with van der Waals surface area (Å²) in [5.41, 5.74) is 0.653. The minimum atomic E-state index is -0.0285. The van der Waals surface area contributed by atoms with Gasteiger partial charge >= 0.3 is 0 Å². The Balaban J connectivity index is 1.68. The zero-order valence-corrected chi connectivity index (χ0v) is 13.8. The quantitative estimate of drug-likeness (QED) is 0.787. The molecule has 0 aliphatic heterocycles. The zero-order valence-electron chi connectivity index (χ0n) is 13.8. The molecule has 4 heteroatoms. The van der Waals surface area contributed by atoms with Gasteiger partial charge in [0, 0.05) is 18.2 Å². The molecule has 1 aromatic rings. The highest BCUT2D eigenvalue weighted by Crippen LogP contribution is 2.21. The Morgan fingerprint density at radius 3 is 2.82 bits per heavy atom. The van der Waals surface area contributed by atoms with E-state index < -0.39 is 0 Å². The van der Waals surface area contributed by atoms with E-state index in [1.165, 1.54) is 32.1 Å². The number of nitrogens with one attached hydrogen (secondary N) is 1. The van der Waals surface area contributed by atoms with E-state index in [9.17, 15) is 4.79 Å². The second-order valence-electron chi connectivity index (χ2n) is 6.11. The van der Waals surface area contributed by atoms with Crippen LogP contribution in [-0.2, 0) is 0 Å². The third-order valence-electron chi connectivity index (χ3n) is 4.50. The normalized spacial score (nSPS) is 15.8. The van der Waals surface area contributed by atoms with E-state index in [1.54, 1.807) is 13.2 Å². The lowest BCUT2D eigenvalue weighted by Crippen LogP contribution is -2.35. The van der Waals surface area contributed by atoms with E-state index in [0.29, 0.717) is 17.9 Å². The van der Waals surface area contributed by atoms with Crippen LogP contribution in [0.1, 0.15) is 48.9 Å². The summed E-state index contributed by atoms with van der Waals surface area (Å²) in [5, 5.41) is 2.99. The minimum Gasteiger partial charge on any atom is -0.497 e. The second-order valence-corrected chi connectivity index (χ2v) is 6.11. The first-order chi connectivity index (χ1) is 10.7. The summed E-state index contributed by atoms with van der Waals surface area (Å²) in [6.45, 7) is 1.76. The van der Waals surface area contributed by atoms with Crippen molar-refractivity contribution in [1.82, 2.24) is 10.2 Å². The summed E-state index contributed by atoms with van der Waals surface area (Å²) < 4.78 is 5.14. The summed E-state index contributed by atoms with van der Waals surface area (Å²) in [6, 6.07) is 8.00. The number of nitrogens with zero attached hydrogens (tertiary/aromatic N) is 1. The maximum atomic E-state index is 12.1. The molecule has 22 heavy (non-hydrogen) atoms.